The van der Waals surface area contributed by atoms with Crippen molar-refractivity contribution in [1.82, 2.24) is 0 Å². The van der Waals surface area contributed by atoms with Crippen LogP contribution in [0.25, 0.3) is 0 Å². The fraction of sp³-hybridized carbons (Fsp3) is 0.364. The highest BCUT2D eigenvalue weighted by atomic mass is 32.2. The summed E-state index contributed by atoms with van der Waals surface area (Å²) in [7, 11) is -3.76. The maximum absolute atomic E-state index is 13.0. The molecule has 4 rings (SSSR count). The number of carbonyl (C=O) groups is 2. The number of hydrogen-bond donors (Lipinski definition) is 2. The fourth-order valence-corrected chi connectivity index (χ4v) is 5.32. The minimum absolute atomic E-state index is 0.0458. The van der Waals surface area contributed by atoms with Crippen LogP contribution in [0.1, 0.15) is 37.3 Å². The van der Waals surface area contributed by atoms with Crippen molar-refractivity contribution in [1.29, 1.82) is 0 Å². The molecule has 0 saturated heterocycles. The normalized spacial score (nSPS) is 16.5. The number of ether oxygens (including phenoxy) is 1. The maximum atomic E-state index is 13.0. The number of sulfone groups is 1. The second kappa shape index (κ2) is 8.10. The van der Waals surface area contributed by atoms with E-state index in [0.29, 0.717) is 11.4 Å². The van der Waals surface area contributed by atoms with E-state index in [1.807, 2.05) is 12.1 Å². The average Bonchev–Trinajstić information content (AvgIpc) is 2.73. The van der Waals surface area contributed by atoms with Gasteiger partial charge in [0.25, 0.3) is 5.91 Å². The van der Waals surface area contributed by atoms with Crippen LogP contribution in [-0.4, -0.2) is 32.1 Å². The average molecular weight is 429 g/mol. The molecule has 158 valence electrons. The Balaban J connectivity index is 1.48. The van der Waals surface area contributed by atoms with E-state index in [-0.39, 0.29) is 29.7 Å². The van der Waals surface area contributed by atoms with Crippen molar-refractivity contribution in [2.75, 3.05) is 17.2 Å². The SMILES string of the molecule is C[C@H](CC(=O)Nc1cccc2c1CCCC2)S(=O)(=O)c1ccc2c(c1)NC(=O)CO2. The first-order valence-electron chi connectivity index (χ1n) is 10.1. The molecule has 7 nitrogen and oxygen atoms in total. The Hall–Kier alpha value is -2.87. The van der Waals surface area contributed by atoms with E-state index in [2.05, 4.69) is 16.7 Å². The maximum Gasteiger partial charge on any atom is 0.262 e. The minimum Gasteiger partial charge on any atom is -0.482 e. The number of fused-ring (bicyclic) bond motifs is 2. The van der Waals surface area contributed by atoms with Crippen molar-refractivity contribution in [3.05, 3.63) is 47.5 Å². The molecule has 0 radical (unpaired) electrons. The number of hydrogen-bond acceptors (Lipinski definition) is 5. The molecule has 0 bridgehead atoms. The van der Waals surface area contributed by atoms with Crippen LogP contribution in [0.5, 0.6) is 5.75 Å². The number of carbonyl (C=O) groups excluding carboxylic acids is 2. The van der Waals surface area contributed by atoms with Gasteiger partial charge in [-0.25, -0.2) is 8.42 Å². The molecular formula is C22H24N2O5S. The lowest BCUT2D eigenvalue weighted by atomic mass is 9.90. The quantitative estimate of drug-likeness (QED) is 0.762. The first-order valence-corrected chi connectivity index (χ1v) is 11.6. The molecule has 2 aromatic rings. The first kappa shape index (κ1) is 20.4. The van der Waals surface area contributed by atoms with Gasteiger partial charge in [-0.3, -0.25) is 9.59 Å². The van der Waals surface area contributed by atoms with E-state index in [1.165, 1.54) is 30.7 Å². The van der Waals surface area contributed by atoms with Crippen molar-refractivity contribution in [2.45, 2.75) is 49.2 Å². The lowest BCUT2D eigenvalue weighted by Crippen LogP contribution is -2.27. The van der Waals surface area contributed by atoms with Gasteiger partial charge in [-0.15, -0.1) is 0 Å². The van der Waals surface area contributed by atoms with Gasteiger partial charge in [0.15, 0.2) is 16.4 Å². The molecule has 0 fully saturated rings. The minimum atomic E-state index is -3.76. The van der Waals surface area contributed by atoms with Crippen molar-refractivity contribution in [3.63, 3.8) is 0 Å². The van der Waals surface area contributed by atoms with E-state index in [0.717, 1.165) is 36.9 Å². The third-order valence-electron chi connectivity index (χ3n) is 5.59. The summed E-state index contributed by atoms with van der Waals surface area (Å²) in [5.41, 5.74) is 3.49. The molecule has 2 N–H and O–H groups in total. The zero-order valence-electron chi connectivity index (χ0n) is 16.7. The predicted molar refractivity (Wildman–Crippen MR) is 114 cm³/mol. The summed E-state index contributed by atoms with van der Waals surface area (Å²) in [5.74, 6) is -0.247. The van der Waals surface area contributed by atoms with Gasteiger partial charge in [0.2, 0.25) is 5.91 Å². The topological polar surface area (TPSA) is 102 Å². The summed E-state index contributed by atoms with van der Waals surface area (Å²) in [6.07, 6.45) is 3.99. The Morgan fingerprint density at radius 1 is 1.20 bits per heavy atom. The molecular weight excluding hydrogens is 404 g/mol. The zero-order chi connectivity index (χ0) is 21.3. The fourth-order valence-electron chi connectivity index (χ4n) is 3.94. The summed E-state index contributed by atoms with van der Waals surface area (Å²) in [6.45, 7) is 1.42. The van der Waals surface area contributed by atoms with Crippen LogP contribution in [0.2, 0.25) is 0 Å². The molecule has 1 aliphatic heterocycles. The molecule has 8 heteroatoms. The molecule has 1 aliphatic carbocycles. The number of aryl methyl sites for hydroxylation is 1. The summed E-state index contributed by atoms with van der Waals surface area (Å²) < 4.78 is 31.2. The van der Waals surface area contributed by atoms with Gasteiger partial charge in [-0.1, -0.05) is 12.1 Å². The third kappa shape index (κ3) is 4.05. The number of benzene rings is 2. The molecule has 0 spiro atoms. The number of anilines is 2. The van der Waals surface area contributed by atoms with E-state index >= 15 is 0 Å². The molecule has 1 atom stereocenters. The summed E-state index contributed by atoms with van der Waals surface area (Å²) in [6, 6.07) is 10.2. The highest BCUT2D eigenvalue weighted by molar-refractivity contribution is 7.92. The van der Waals surface area contributed by atoms with Crippen LogP contribution < -0.4 is 15.4 Å². The van der Waals surface area contributed by atoms with Crippen LogP contribution >= 0.6 is 0 Å². The Morgan fingerprint density at radius 2 is 2.00 bits per heavy atom. The first-order chi connectivity index (χ1) is 14.3. The molecule has 1 heterocycles. The molecule has 30 heavy (non-hydrogen) atoms. The largest absolute Gasteiger partial charge is 0.482 e. The van der Waals surface area contributed by atoms with Crippen molar-refractivity contribution in [2.24, 2.45) is 0 Å². The Labute approximate surface area is 175 Å². The molecule has 0 aromatic heterocycles. The van der Waals surface area contributed by atoms with E-state index in [4.69, 9.17) is 4.74 Å². The highest BCUT2D eigenvalue weighted by Crippen LogP contribution is 2.32. The van der Waals surface area contributed by atoms with Crippen molar-refractivity contribution in [3.8, 4) is 5.75 Å². The van der Waals surface area contributed by atoms with Crippen LogP contribution in [0.3, 0.4) is 0 Å². The summed E-state index contributed by atoms with van der Waals surface area (Å²) in [5, 5.41) is 4.58. The lowest BCUT2D eigenvalue weighted by molar-refractivity contribution is -0.118. The zero-order valence-corrected chi connectivity index (χ0v) is 17.6. The highest BCUT2D eigenvalue weighted by Gasteiger charge is 2.28. The predicted octanol–water partition coefficient (Wildman–Crippen LogP) is 3.09. The second-order valence-corrected chi connectivity index (χ2v) is 10.1. The molecule has 0 saturated carbocycles. The smallest absolute Gasteiger partial charge is 0.262 e. The third-order valence-corrected chi connectivity index (χ3v) is 7.72. The van der Waals surface area contributed by atoms with E-state index in [1.54, 1.807) is 0 Å². The Kier molecular flexibility index (Phi) is 5.51. The van der Waals surface area contributed by atoms with Crippen molar-refractivity contribution < 1.29 is 22.7 Å². The summed E-state index contributed by atoms with van der Waals surface area (Å²) >= 11 is 0. The Bertz CT molecular complexity index is 1110. The number of rotatable bonds is 5. The summed E-state index contributed by atoms with van der Waals surface area (Å²) in [4.78, 5) is 24.2. The van der Waals surface area contributed by atoms with Crippen molar-refractivity contribution >= 4 is 33.0 Å². The van der Waals surface area contributed by atoms with Crippen LogP contribution in [0.15, 0.2) is 41.3 Å². The van der Waals surface area contributed by atoms with Gasteiger partial charge < -0.3 is 15.4 Å². The van der Waals surface area contributed by atoms with Gasteiger partial charge in [-0.2, -0.15) is 0 Å². The standard InChI is InChI=1S/C22H24N2O5S/c1-14(11-21(25)23-18-8-4-6-15-5-2-3-7-17(15)18)30(27,28)16-9-10-20-19(12-16)24-22(26)13-29-20/h4,6,8-10,12,14H,2-3,5,7,11,13H2,1H3,(H,23,25)(H,24,26)/t14-/m1/s1. The molecule has 2 aliphatic rings. The number of nitrogens with one attached hydrogen (secondary N) is 2. The Morgan fingerprint density at radius 3 is 2.83 bits per heavy atom. The monoisotopic (exact) mass is 428 g/mol. The van der Waals surface area contributed by atoms with Crippen LogP contribution in [-0.2, 0) is 32.3 Å². The molecule has 0 unspecified atom stereocenters. The van der Waals surface area contributed by atoms with Gasteiger partial charge in [-0.05, 0) is 68.0 Å². The van der Waals surface area contributed by atoms with E-state index < -0.39 is 15.1 Å². The molecule has 2 aromatic carbocycles. The lowest BCUT2D eigenvalue weighted by Gasteiger charge is -2.21. The van der Waals surface area contributed by atoms with Gasteiger partial charge in [0.1, 0.15) is 5.75 Å². The van der Waals surface area contributed by atoms with Crippen LogP contribution in [0.4, 0.5) is 11.4 Å². The second-order valence-electron chi connectivity index (χ2n) is 7.75. The van der Waals surface area contributed by atoms with Gasteiger partial charge >= 0.3 is 0 Å². The molecule has 2 amide bonds. The number of amides is 2. The van der Waals surface area contributed by atoms with Gasteiger partial charge in [0.05, 0.1) is 15.8 Å². The van der Waals surface area contributed by atoms with Gasteiger partial charge in [0, 0.05) is 12.1 Å². The van der Waals surface area contributed by atoms with Crippen LogP contribution in [0, 0.1) is 0 Å². The van der Waals surface area contributed by atoms with E-state index in [9.17, 15) is 18.0 Å².